The molecule has 0 radical (unpaired) electrons. The summed E-state index contributed by atoms with van der Waals surface area (Å²) in [7, 11) is 0. The van der Waals surface area contributed by atoms with E-state index in [1.807, 2.05) is 37.3 Å². The molecule has 6 heteroatoms. The molecule has 0 bridgehead atoms. The van der Waals surface area contributed by atoms with E-state index in [0.717, 1.165) is 5.56 Å². The molecule has 0 aliphatic carbocycles. The lowest BCUT2D eigenvalue weighted by Gasteiger charge is -2.29. The van der Waals surface area contributed by atoms with Crippen molar-refractivity contribution in [2.75, 3.05) is 6.61 Å². The standard InChI is InChI=1S/C19H18N2O4/c1-19-11-15(14-9-5-6-10-16(14)21(23)24)18(22)20(19)17(12-25-19)13-7-3-2-4-8-13/h2-10,15,17H,11-12H2,1H3/t15-,17-,19-/m1/s1. The second-order valence-corrected chi connectivity index (χ2v) is 6.69. The molecule has 2 heterocycles. The number of ether oxygens (including phenoxy) is 1. The number of hydrogen-bond donors (Lipinski definition) is 0. The van der Waals surface area contributed by atoms with Crippen LogP contribution in [0.2, 0.25) is 0 Å². The van der Waals surface area contributed by atoms with Gasteiger partial charge in [0.1, 0.15) is 5.72 Å². The van der Waals surface area contributed by atoms with E-state index in [1.54, 1.807) is 23.1 Å². The summed E-state index contributed by atoms with van der Waals surface area (Å²) in [6, 6.07) is 16.1. The average molecular weight is 338 g/mol. The second-order valence-electron chi connectivity index (χ2n) is 6.69. The summed E-state index contributed by atoms with van der Waals surface area (Å²) in [6.07, 6.45) is 0.417. The minimum atomic E-state index is -0.730. The van der Waals surface area contributed by atoms with E-state index in [-0.39, 0.29) is 17.6 Å². The summed E-state index contributed by atoms with van der Waals surface area (Å²) < 4.78 is 5.99. The molecule has 2 fully saturated rings. The third-order valence-corrected chi connectivity index (χ3v) is 5.19. The number of benzene rings is 2. The van der Waals surface area contributed by atoms with Gasteiger partial charge in [-0.05, 0) is 12.5 Å². The first kappa shape index (κ1) is 15.8. The second kappa shape index (κ2) is 5.67. The monoisotopic (exact) mass is 338 g/mol. The smallest absolute Gasteiger partial charge is 0.273 e. The Morgan fingerprint density at radius 3 is 2.56 bits per heavy atom. The van der Waals surface area contributed by atoms with Gasteiger partial charge in [-0.3, -0.25) is 14.9 Å². The highest BCUT2D eigenvalue weighted by Gasteiger charge is 2.57. The Morgan fingerprint density at radius 1 is 1.16 bits per heavy atom. The Balaban J connectivity index is 1.73. The lowest BCUT2D eigenvalue weighted by molar-refractivity contribution is -0.385. The Labute approximate surface area is 145 Å². The molecule has 2 aromatic carbocycles. The highest BCUT2D eigenvalue weighted by molar-refractivity contribution is 5.88. The van der Waals surface area contributed by atoms with Crippen LogP contribution >= 0.6 is 0 Å². The molecular weight excluding hydrogens is 320 g/mol. The van der Waals surface area contributed by atoms with Crippen molar-refractivity contribution < 1.29 is 14.5 Å². The zero-order valence-corrected chi connectivity index (χ0v) is 13.8. The largest absolute Gasteiger partial charge is 0.353 e. The molecule has 128 valence electrons. The van der Waals surface area contributed by atoms with E-state index in [1.165, 1.54) is 6.07 Å². The van der Waals surface area contributed by atoms with Crippen molar-refractivity contribution >= 4 is 11.6 Å². The highest BCUT2D eigenvalue weighted by Crippen LogP contribution is 2.50. The van der Waals surface area contributed by atoms with Gasteiger partial charge in [0, 0.05) is 18.1 Å². The van der Waals surface area contributed by atoms with Crippen molar-refractivity contribution in [1.29, 1.82) is 0 Å². The fourth-order valence-electron chi connectivity index (χ4n) is 4.02. The van der Waals surface area contributed by atoms with E-state index in [4.69, 9.17) is 4.74 Å². The maximum Gasteiger partial charge on any atom is 0.273 e. The predicted octanol–water partition coefficient (Wildman–Crippen LogP) is 3.40. The molecule has 2 saturated heterocycles. The first-order chi connectivity index (χ1) is 12.0. The first-order valence-corrected chi connectivity index (χ1v) is 8.27. The minimum Gasteiger partial charge on any atom is -0.353 e. The van der Waals surface area contributed by atoms with Crippen LogP contribution in [-0.4, -0.2) is 28.1 Å². The summed E-state index contributed by atoms with van der Waals surface area (Å²) in [5.74, 6) is -0.665. The number of nitro groups is 1. The van der Waals surface area contributed by atoms with Crippen LogP contribution < -0.4 is 0 Å². The fraction of sp³-hybridized carbons (Fsp3) is 0.316. The van der Waals surface area contributed by atoms with Gasteiger partial charge in [-0.25, -0.2) is 0 Å². The number of nitrogens with zero attached hydrogens (tertiary/aromatic N) is 2. The predicted molar refractivity (Wildman–Crippen MR) is 90.8 cm³/mol. The SMILES string of the molecule is C[C@@]12C[C@H](c3ccccc3[N+](=O)[O-])C(=O)N1[C@@H](c1ccccc1)CO2. The molecule has 2 aliphatic rings. The van der Waals surface area contributed by atoms with Gasteiger partial charge in [-0.15, -0.1) is 0 Å². The van der Waals surface area contributed by atoms with Crippen molar-refractivity contribution in [3.63, 3.8) is 0 Å². The van der Waals surface area contributed by atoms with Crippen molar-refractivity contribution in [1.82, 2.24) is 4.90 Å². The number of rotatable bonds is 3. The van der Waals surface area contributed by atoms with Crippen molar-refractivity contribution in [3.05, 3.63) is 75.8 Å². The van der Waals surface area contributed by atoms with Crippen LogP contribution in [0.1, 0.15) is 36.4 Å². The minimum absolute atomic E-state index is 0.0121. The zero-order valence-electron chi connectivity index (χ0n) is 13.8. The summed E-state index contributed by atoms with van der Waals surface area (Å²) >= 11 is 0. The Kier molecular flexibility index (Phi) is 3.58. The number of fused-ring (bicyclic) bond motifs is 1. The Hall–Kier alpha value is -2.73. The molecule has 0 unspecified atom stereocenters. The van der Waals surface area contributed by atoms with Gasteiger partial charge in [0.25, 0.3) is 5.69 Å². The van der Waals surface area contributed by atoms with Gasteiger partial charge in [-0.1, -0.05) is 48.5 Å². The maximum absolute atomic E-state index is 13.2. The van der Waals surface area contributed by atoms with Crippen molar-refractivity contribution in [2.24, 2.45) is 0 Å². The Bertz CT molecular complexity index is 838. The van der Waals surface area contributed by atoms with Crippen molar-refractivity contribution in [2.45, 2.75) is 31.0 Å². The lowest BCUT2D eigenvalue weighted by atomic mass is 9.93. The van der Waals surface area contributed by atoms with E-state index < -0.39 is 16.6 Å². The molecule has 3 atom stereocenters. The number of carbonyl (C=O) groups excluding carboxylic acids is 1. The van der Waals surface area contributed by atoms with Crippen LogP contribution in [0.3, 0.4) is 0 Å². The number of para-hydroxylation sites is 1. The first-order valence-electron chi connectivity index (χ1n) is 8.27. The number of hydrogen-bond acceptors (Lipinski definition) is 4. The van der Waals surface area contributed by atoms with Gasteiger partial charge >= 0.3 is 0 Å². The summed E-state index contributed by atoms with van der Waals surface area (Å²) in [4.78, 5) is 25.9. The third-order valence-electron chi connectivity index (χ3n) is 5.19. The molecule has 6 nitrogen and oxygen atoms in total. The van der Waals surface area contributed by atoms with Gasteiger partial charge < -0.3 is 9.64 Å². The van der Waals surface area contributed by atoms with E-state index in [2.05, 4.69) is 0 Å². The average Bonchev–Trinajstić information content (AvgIpc) is 3.09. The van der Waals surface area contributed by atoms with E-state index >= 15 is 0 Å². The lowest BCUT2D eigenvalue weighted by Crippen LogP contribution is -2.40. The molecule has 0 aromatic heterocycles. The Morgan fingerprint density at radius 2 is 1.84 bits per heavy atom. The summed E-state index contributed by atoms with van der Waals surface area (Å²) in [5.41, 5.74) is 0.736. The van der Waals surface area contributed by atoms with Gasteiger partial charge in [0.15, 0.2) is 0 Å². The van der Waals surface area contributed by atoms with Crippen LogP contribution in [0.5, 0.6) is 0 Å². The topological polar surface area (TPSA) is 72.7 Å². The number of nitro benzene ring substituents is 1. The quantitative estimate of drug-likeness (QED) is 0.635. The van der Waals surface area contributed by atoms with Crippen LogP contribution in [-0.2, 0) is 9.53 Å². The molecule has 0 spiro atoms. The zero-order chi connectivity index (χ0) is 17.6. The number of amides is 1. The van der Waals surface area contributed by atoms with Gasteiger partial charge in [0.2, 0.25) is 5.91 Å². The summed E-state index contributed by atoms with van der Waals surface area (Å²) in [5, 5.41) is 11.3. The fourth-order valence-corrected chi connectivity index (χ4v) is 4.02. The van der Waals surface area contributed by atoms with Gasteiger partial charge in [0.05, 0.1) is 23.5 Å². The molecule has 2 aliphatic heterocycles. The van der Waals surface area contributed by atoms with E-state index in [0.29, 0.717) is 18.6 Å². The van der Waals surface area contributed by atoms with E-state index in [9.17, 15) is 14.9 Å². The third kappa shape index (κ3) is 2.41. The molecule has 25 heavy (non-hydrogen) atoms. The molecule has 4 rings (SSSR count). The number of carbonyl (C=O) groups is 1. The maximum atomic E-state index is 13.2. The van der Waals surface area contributed by atoms with Crippen LogP contribution in [0.15, 0.2) is 54.6 Å². The normalized spacial score (nSPS) is 28.2. The van der Waals surface area contributed by atoms with Crippen LogP contribution in [0.4, 0.5) is 5.69 Å². The van der Waals surface area contributed by atoms with Crippen LogP contribution in [0, 0.1) is 10.1 Å². The molecule has 1 amide bonds. The molecule has 0 N–H and O–H groups in total. The molecular formula is C19H18N2O4. The molecule has 2 aromatic rings. The van der Waals surface area contributed by atoms with Gasteiger partial charge in [-0.2, -0.15) is 0 Å². The highest BCUT2D eigenvalue weighted by atomic mass is 16.6. The molecule has 0 saturated carbocycles. The van der Waals surface area contributed by atoms with Crippen molar-refractivity contribution in [3.8, 4) is 0 Å². The summed E-state index contributed by atoms with van der Waals surface area (Å²) in [6.45, 7) is 2.33. The van der Waals surface area contributed by atoms with Crippen LogP contribution in [0.25, 0.3) is 0 Å².